The van der Waals surface area contributed by atoms with E-state index in [9.17, 15) is 4.79 Å². The molecule has 1 atom stereocenters. The molecule has 2 aromatic heterocycles. The van der Waals surface area contributed by atoms with Gasteiger partial charge in [-0.05, 0) is 54.3 Å². The highest BCUT2D eigenvalue weighted by atomic mass is 35.5. The monoisotopic (exact) mass is 577 g/mol. The zero-order chi connectivity index (χ0) is 27.7. The predicted molar refractivity (Wildman–Crippen MR) is 160 cm³/mol. The number of nitrogens with zero attached hydrogens (tertiary/aromatic N) is 4. The number of halogens is 2. The first-order chi connectivity index (χ1) is 19.5. The fraction of sp³-hybridized carbons (Fsp3) is 0.333. The van der Waals surface area contributed by atoms with Crippen molar-refractivity contribution in [3.8, 4) is 5.82 Å². The first-order valence-electron chi connectivity index (χ1n) is 13.7. The van der Waals surface area contributed by atoms with Crippen LogP contribution < -0.4 is 16.0 Å². The van der Waals surface area contributed by atoms with Crippen LogP contribution in [-0.2, 0) is 6.54 Å². The lowest BCUT2D eigenvalue weighted by Crippen LogP contribution is -2.38. The van der Waals surface area contributed by atoms with Crippen LogP contribution in [0.3, 0.4) is 0 Å². The molecule has 1 amide bonds. The van der Waals surface area contributed by atoms with Gasteiger partial charge in [-0.1, -0.05) is 67.4 Å². The second-order valence-corrected chi connectivity index (χ2v) is 11.1. The van der Waals surface area contributed by atoms with Crippen LogP contribution in [0.25, 0.3) is 5.82 Å². The number of amides is 1. The third-order valence-corrected chi connectivity index (χ3v) is 7.62. The normalized spacial score (nSPS) is 14.4. The highest BCUT2D eigenvalue weighted by Gasteiger charge is 2.21. The van der Waals surface area contributed by atoms with Crippen molar-refractivity contribution in [3.05, 3.63) is 94.5 Å². The topological polar surface area (TPSA) is 96.8 Å². The van der Waals surface area contributed by atoms with Crippen molar-refractivity contribution in [2.24, 2.45) is 5.92 Å². The van der Waals surface area contributed by atoms with Crippen LogP contribution in [0.2, 0.25) is 10.0 Å². The molecule has 10 heteroatoms. The molecular formula is C30H33Cl2N7O. The van der Waals surface area contributed by atoms with Gasteiger partial charge in [-0.3, -0.25) is 9.36 Å². The molecule has 2 heterocycles. The molecular weight excluding hydrogens is 545 g/mol. The van der Waals surface area contributed by atoms with Crippen LogP contribution in [0.15, 0.2) is 73.3 Å². The highest BCUT2D eigenvalue weighted by molar-refractivity contribution is 6.30. The van der Waals surface area contributed by atoms with Crippen LogP contribution in [0.5, 0.6) is 0 Å². The van der Waals surface area contributed by atoms with Crippen LogP contribution in [-0.4, -0.2) is 38.0 Å². The van der Waals surface area contributed by atoms with E-state index in [1.165, 1.54) is 32.1 Å². The van der Waals surface area contributed by atoms with Gasteiger partial charge in [-0.2, -0.15) is 9.97 Å². The van der Waals surface area contributed by atoms with Gasteiger partial charge >= 0.3 is 0 Å². The third kappa shape index (κ3) is 7.96. The molecule has 0 aliphatic heterocycles. The number of carbonyl (C=O) groups excluding carboxylic acids is 1. The standard InChI is InChI=1S/C30H33Cl2N7O/c31-24-11-9-23(10-12-24)29(40)34-19-26(16-21-5-2-1-3-6-21)36-27-17-28(39-14-13-33-20-39)38-30(37-27)35-18-22-7-4-8-25(32)15-22/h4,7-15,17,20-21,26H,1-3,5-6,16,18-19H2,(H,34,40)(H2,35,36,37,38)/t26-/m1/s1. The van der Waals surface area contributed by atoms with Crippen LogP contribution in [0.1, 0.15) is 54.4 Å². The number of carbonyl (C=O) groups is 1. The van der Waals surface area contributed by atoms with E-state index in [-0.39, 0.29) is 11.9 Å². The summed E-state index contributed by atoms with van der Waals surface area (Å²) in [5.74, 6) is 2.32. The lowest BCUT2D eigenvalue weighted by Gasteiger charge is -2.28. The van der Waals surface area contributed by atoms with Crippen LogP contribution >= 0.6 is 23.2 Å². The average Bonchev–Trinajstić information content (AvgIpc) is 3.51. The zero-order valence-corrected chi connectivity index (χ0v) is 23.7. The van der Waals surface area contributed by atoms with E-state index < -0.39 is 0 Å². The lowest BCUT2D eigenvalue weighted by molar-refractivity contribution is 0.0950. The van der Waals surface area contributed by atoms with E-state index in [2.05, 4.69) is 20.9 Å². The molecule has 0 spiro atoms. The minimum Gasteiger partial charge on any atom is -0.365 e. The van der Waals surface area contributed by atoms with Gasteiger partial charge in [0.05, 0.1) is 0 Å². The molecule has 1 aliphatic carbocycles. The molecule has 8 nitrogen and oxygen atoms in total. The summed E-state index contributed by atoms with van der Waals surface area (Å²) in [6, 6.07) is 16.5. The Balaban J connectivity index is 1.34. The quantitative estimate of drug-likeness (QED) is 0.182. The summed E-state index contributed by atoms with van der Waals surface area (Å²) >= 11 is 12.2. The Hall–Kier alpha value is -3.62. The summed E-state index contributed by atoms with van der Waals surface area (Å²) in [6.07, 6.45) is 12.4. The number of rotatable bonds is 11. The number of hydrogen-bond acceptors (Lipinski definition) is 6. The molecule has 1 fully saturated rings. The highest BCUT2D eigenvalue weighted by Crippen LogP contribution is 2.28. The van der Waals surface area contributed by atoms with E-state index in [0.717, 1.165) is 12.0 Å². The van der Waals surface area contributed by atoms with Crippen molar-refractivity contribution in [2.45, 2.75) is 51.1 Å². The number of nitrogens with one attached hydrogen (secondary N) is 3. The van der Waals surface area contributed by atoms with Gasteiger partial charge in [0.15, 0.2) is 0 Å². The van der Waals surface area contributed by atoms with Gasteiger partial charge in [0, 0.05) is 53.2 Å². The Morgan fingerprint density at radius 2 is 1.82 bits per heavy atom. The maximum Gasteiger partial charge on any atom is 0.251 e. The molecule has 208 valence electrons. The average molecular weight is 579 g/mol. The van der Waals surface area contributed by atoms with Gasteiger partial charge < -0.3 is 16.0 Å². The van der Waals surface area contributed by atoms with Crippen LogP contribution in [0, 0.1) is 5.92 Å². The second kappa shape index (κ2) is 13.6. The fourth-order valence-corrected chi connectivity index (χ4v) is 5.43. The van der Waals surface area contributed by atoms with Crippen molar-refractivity contribution in [1.82, 2.24) is 24.8 Å². The maximum absolute atomic E-state index is 12.9. The van der Waals surface area contributed by atoms with Gasteiger partial charge in [0.25, 0.3) is 5.91 Å². The Morgan fingerprint density at radius 3 is 2.58 bits per heavy atom. The van der Waals surface area contributed by atoms with Crippen molar-refractivity contribution < 1.29 is 4.79 Å². The third-order valence-electron chi connectivity index (χ3n) is 7.13. The predicted octanol–water partition coefficient (Wildman–Crippen LogP) is 6.76. The number of benzene rings is 2. The van der Waals surface area contributed by atoms with Gasteiger partial charge in [-0.25, -0.2) is 4.98 Å². The zero-order valence-electron chi connectivity index (χ0n) is 22.2. The van der Waals surface area contributed by atoms with E-state index in [0.29, 0.717) is 52.2 Å². The molecule has 40 heavy (non-hydrogen) atoms. The summed E-state index contributed by atoms with van der Waals surface area (Å²) < 4.78 is 1.84. The number of aromatic nitrogens is 4. The molecule has 0 radical (unpaired) electrons. The molecule has 4 aromatic rings. The number of imidazole rings is 1. The van der Waals surface area contributed by atoms with E-state index in [1.807, 2.05) is 41.1 Å². The van der Waals surface area contributed by atoms with E-state index in [1.54, 1.807) is 36.8 Å². The SMILES string of the molecule is O=C(NC[C@@H](CC1CCCCC1)Nc1cc(-n2ccnc2)nc(NCc2cccc(Cl)c2)n1)c1ccc(Cl)cc1. The molecule has 2 aromatic carbocycles. The van der Waals surface area contributed by atoms with Gasteiger partial charge in [-0.15, -0.1) is 0 Å². The molecule has 1 aliphatic rings. The van der Waals surface area contributed by atoms with Crippen molar-refractivity contribution in [2.75, 3.05) is 17.2 Å². The van der Waals surface area contributed by atoms with Gasteiger partial charge in [0.1, 0.15) is 18.0 Å². The maximum atomic E-state index is 12.9. The Morgan fingerprint density at radius 1 is 1.00 bits per heavy atom. The van der Waals surface area contributed by atoms with Crippen LogP contribution in [0.4, 0.5) is 11.8 Å². The minimum atomic E-state index is -0.127. The second-order valence-electron chi connectivity index (χ2n) is 10.2. The van der Waals surface area contributed by atoms with Gasteiger partial charge in [0.2, 0.25) is 5.95 Å². The molecule has 5 rings (SSSR count). The molecule has 3 N–H and O–H groups in total. The summed E-state index contributed by atoms with van der Waals surface area (Å²) in [4.78, 5) is 26.5. The Labute approximate surface area is 244 Å². The van der Waals surface area contributed by atoms with E-state index in [4.69, 9.17) is 33.2 Å². The van der Waals surface area contributed by atoms with Crippen molar-refractivity contribution >= 4 is 40.9 Å². The summed E-state index contributed by atoms with van der Waals surface area (Å²) in [5.41, 5.74) is 1.61. The largest absolute Gasteiger partial charge is 0.365 e. The summed E-state index contributed by atoms with van der Waals surface area (Å²) in [7, 11) is 0. The molecule has 0 bridgehead atoms. The number of anilines is 2. The molecule has 1 saturated carbocycles. The Kier molecular flexibility index (Phi) is 9.52. The minimum absolute atomic E-state index is 0.00864. The fourth-order valence-electron chi connectivity index (χ4n) is 5.09. The van der Waals surface area contributed by atoms with Crippen molar-refractivity contribution in [3.63, 3.8) is 0 Å². The first-order valence-corrected chi connectivity index (χ1v) is 14.4. The summed E-state index contributed by atoms with van der Waals surface area (Å²) in [6.45, 7) is 0.990. The number of hydrogen-bond donors (Lipinski definition) is 3. The van der Waals surface area contributed by atoms with E-state index >= 15 is 0 Å². The molecule has 0 unspecified atom stereocenters. The Bertz CT molecular complexity index is 1390. The van der Waals surface area contributed by atoms with Crippen molar-refractivity contribution in [1.29, 1.82) is 0 Å². The molecule has 0 saturated heterocycles. The lowest BCUT2D eigenvalue weighted by atomic mass is 9.84. The summed E-state index contributed by atoms with van der Waals surface area (Å²) in [5, 5.41) is 11.3. The smallest absolute Gasteiger partial charge is 0.251 e. The first kappa shape index (κ1) is 27.9.